The van der Waals surface area contributed by atoms with E-state index in [0.29, 0.717) is 5.92 Å². The Labute approximate surface area is 97.2 Å². The van der Waals surface area contributed by atoms with Crippen molar-refractivity contribution in [2.24, 2.45) is 17.8 Å². The van der Waals surface area contributed by atoms with E-state index < -0.39 is 0 Å². The fraction of sp³-hybridized carbons (Fsp3) is 0.846. The zero-order valence-electron chi connectivity index (χ0n) is 9.74. The van der Waals surface area contributed by atoms with Crippen molar-refractivity contribution in [3.05, 3.63) is 0 Å². The topological polar surface area (TPSA) is 52.9 Å². The fourth-order valence-corrected chi connectivity index (χ4v) is 3.02. The van der Waals surface area contributed by atoms with Gasteiger partial charge in [-0.2, -0.15) is 5.26 Å². The molecule has 2 fully saturated rings. The zero-order chi connectivity index (χ0) is 11.4. The summed E-state index contributed by atoms with van der Waals surface area (Å²) < 4.78 is 0. The second-order valence-electron chi connectivity index (χ2n) is 5.20. The minimum absolute atomic E-state index is 0.000809. The van der Waals surface area contributed by atoms with Crippen LogP contribution in [0.2, 0.25) is 0 Å². The number of hydrogen-bond donors (Lipinski definition) is 1. The van der Waals surface area contributed by atoms with Crippen LogP contribution >= 0.6 is 0 Å². The van der Waals surface area contributed by atoms with Crippen molar-refractivity contribution in [2.45, 2.75) is 44.9 Å². The zero-order valence-corrected chi connectivity index (χ0v) is 9.74. The Morgan fingerprint density at radius 3 is 2.75 bits per heavy atom. The summed E-state index contributed by atoms with van der Waals surface area (Å²) in [6, 6.07) is 1.87. The van der Waals surface area contributed by atoms with Crippen LogP contribution in [0, 0.1) is 29.1 Å². The minimum Gasteiger partial charge on any atom is -0.355 e. The SMILES string of the molecule is N#CCC(=O)NC[C@@H]1C[C@H]1C1CCCCC1. The normalized spacial score (nSPS) is 29.4. The van der Waals surface area contributed by atoms with Crippen LogP contribution in [0.25, 0.3) is 0 Å². The summed E-state index contributed by atoms with van der Waals surface area (Å²) in [7, 11) is 0. The van der Waals surface area contributed by atoms with Crippen molar-refractivity contribution in [1.29, 1.82) is 5.26 Å². The van der Waals surface area contributed by atoms with Gasteiger partial charge >= 0.3 is 0 Å². The molecule has 0 aliphatic heterocycles. The molecule has 0 heterocycles. The van der Waals surface area contributed by atoms with Crippen molar-refractivity contribution in [3.8, 4) is 6.07 Å². The maximum Gasteiger partial charge on any atom is 0.234 e. The summed E-state index contributed by atoms with van der Waals surface area (Å²) in [6.07, 6.45) is 8.29. The molecule has 0 aromatic heterocycles. The van der Waals surface area contributed by atoms with Crippen LogP contribution < -0.4 is 5.32 Å². The average Bonchev–Trinajstić information content (AvgIpc) is 3.07. The summed E-state index contributed by atoms with van der Waals surface area (Å²) in [5.41, 5.74) is 0. The summed E-state index contributed by atoms with van der Waals surface area (Å²) in [6.45, 7) is 0.793. The third kappa shape index (κ3) is 2.98. The Balaban J connectivity index is 1.63. The van der Waals surface area contributed by atoms with Gasteiger partial charge in [0.25, 0.3) is 0 Å². The molecule has 2 atom stereocenters. The molecular weight excluding hydrogens is 200 g/mol. The lowest BCUT2D eigenvalue weighted by atomic mass is 9.85. The van der Waals surface area contributed by atoms with Crippen LogP contribution in [0.5, 0.6) is 0 Å². The van der Waals surface area contributed by atoms with E-state index in [1.165, 1.54) is 38.5 Å². The number of nitrogens with one attached hydrogen (secondary N) is 1. The molecular formula is C13H20N2O. The van der Waals surface area contributed by atoms with Gasteiger partial charge in [-0.15, -0.1) is 0 Å². The van der Waals surface area contributed by atoms with Gasteiger partial charge in [0, 0.05) is 6.54 Å². The second-order valence-corrected chi connectivity index (χ2v) is 5.20. The molecule has 3 nitrogen and oxygen atoms in total. The van der Waals surface area contributed by atoms with Crippen LogP contribution in [-0.4, -0.2) is 12.5 Å². The van der Waals surface area contributed by atoms with Gasteiger partial charge in [-0.05, 0) is 24.2 Å². The molecule has 2 rings (SSSR count). The fourth-order valence-electron chi connectivity index (χ4n) is 3.02. The number of carbonyl (C=O) groups is 1. The molecule has 0 aromatic carbocycles. The predicted molar refractivity (Wildman–Crippen MR) is 61.4 cm³/mol. The van der Waals surface area contributed by atoms with Crippen molar-refractivity contribution in [3.63, 3.8) is 0 Å². The van der Waals surface area contributed by atoms with Crippen LogP contribution in [0.1, 0.15) is 44.9 Å². The molecule has 3 heteroatoms. The van der Waals surface area contributed by atoms with Gasteiger partial charge in [-0.25, -0.2) is 0 Å². The highest BCUT2D eigenvalue weighted by atomic mass is 16.1. The number of hydrogen-bond acceptors (Lipinski definition) is 2. The molecule has 2 aliphatic carbocycles. The lowest BCUT2D eigenvalue weighted by molar-refractivity contribution is -0.120. The maximum absolute atomic E-state index is 11.1. The number of rotatable bonds is 4. The van der Waals surface area contributed by atoms with Crippen molar-refractivity contribution in [2.75, 3.05) is 6.54 Å². The van der Waals surface area contributed by atoms with Gasteiger partial charge < -0.3 is 5.32 Å². The molecule has 0 bridgehead atoms. The first-order chi connectivity index (χ1) is 7.81. The molecule has 1 N–H and O–H groups in total. The van der Waals surface area contributed by atoms with Crippen LogP contribution in [0.3, 0.4) is 0 Å². The molecule has 0 saturated heterocycles. The third-order valence-corrected chi connectivity index (χ3v) is 4.03. The number of carbonyl (C=O) groups excluding carboxylic acids is 1. The Morgan fingerprint density at radius 1 is 1.31 bits per heavy atom. The summed E-state index contributed by atoms with van der Waals surface area (Å²) >= 11 is 0. The summed E-state index contributed by atoms with van der Waals surface area (Å²) in [4.78, 5) is 11.1. The van der Waals surface area contributed by atoms with Crippen LogP contribution in [-0.2, 0) is 4.79 Å². The molecule has 0 aromatic rings. The molecule has 88 valence electrons. The monoisotopic (exact) mass is 220 g/mol. The highest BCUT2D eigenvalue weighted by Gasteiger charge is 2.42. The summed E-state index contributed by atoms with van der Waals surface area (Å²) in [5.74, 6) is 2.37. The van der Waals surface area contributed by atoms with E-state index >= 15 is 0 Å². The molecule has 0 radical (unpaired) electrons. The maximum atomic E-state index is 11.1. The highest BCUT2D eigenvalue weighted by Crippen LogP contribution is 2.48. The summed E-state index contributed by atoms with van der Waals surface area (Å²) in [5, 5.41) is 11.2. The predicted octanol–water partition coefficient (Wildman–Crippen LogP) is 2.23. The molecule has 0 spiro atoms. The lowest BCUT2D eigenvalue weighted by Gasteiger charge is -2.21. The Bertz CT molecular complexity index is 289. The van der Waals surface area contributed by atoms with Gasteiger partial charge in [0.1, 0.15) is 6.42 Å². The van der Waals surface area contributed by atoms with Crippen molar-refractivity contribution >= 4 is 5.91 Å². The number of amides is 1. The standard InChI is InChI=1S/C13H20N2O/c14-7-6-13(16)15-9-11-8-12(11)10-4-2-1-3-5-10/h10-12H,1-6,8-9H2,(H,15,16)/t11-,12-/m0/s1. The van der Waals surface area contributed by atoms with Gasteiger partial charge in [-0.1, -0.05) is 32.1 Å². The first kappa shape index (κ1) is 11.4. The molecule has 16 heavy (non-hydrogen) atoms. The van der Waals surface area contributed by atoms with Gasteiger partial charge in [-0.3, -0.25) is 4.79 Å². The minimum atomic E-state index is -0.114. The van der Waals surface area contributed by atoms with Gasteiger partial charge in [0.15, 0.2) is 0 Å². The van der Waals surface area contributed by atoms with E-state index in [1.54, 1.807) is 0 Å². The van der Waals surface area contributed by atoms with Crippen molar-refractivity contribution < 1.29 is 4.79 Å². The first-order valence-corrected chi connectivity index (χ1v) is 6.45. The highest BCUT2D eigenvalue weighted by molar-refractivity contribution is 5.77. The van der Waals surface area contributed by atoms with E-state index in [9.17, 15) is 4.79 Å². The van der Waals surface area contributed by atoms with E-state index in [2.05, 4.69) is 5.32 Å². The smallest absolute Gasteiger partial charge is 0.234 e. The number of nitrogens with zero attached hydrogens (tertiary/aromatic N) is 1. The van der Waals surface area contributed by atoms with Gasteiger partial charge in [0.05, 0.1) is 6.07 Å². The quantitative estimate of drug-likeness (QED) is 0.790. The lowest BCUT2D eigenvalue weighted by Crippen LogP contribution is -2.25. The first-order valence-electron chi connectivity index (χ1n) is 6.45. The second kappa shape index (κ2) is 5.34. The molecule has 2 saturated carbocycles. The van der Waals surface area contributed by atoms with Crippen LogP contribution in [0.15, 0.2) is 0 Å². The van der Waals surface area contributed by atoms with E-state index in [4.69, 9.17) is 5.26 Å². The molecule has 1 amide bonds. The number of nitriles is 1. The van der Waals surface area contributed by atoms with E-state index in [-0.39, 0.29) is 12.3 Å². The third-order valence-electron chi connectivity index (χ3n) is 4.03. The Kier molecular flexibility index (Phi) is 3.82. The van der Waals surface area contributed by atoms with Crippen molar-refractivity contribution in [1.82, 2.24) is 5.32 Å². The molecule has 0 unspecified atom stereocenters. The molecule has 2 aliphatic rings. The van der Waals surface area contributed by atoms with E-state index in [0.717, 1.165) is 18.4 Å². The Morgan fingerprint density at radius 2 is 2.06 bits per heavy atom. The van der Waals surface area contributed by atoms with E-state index in [1.807, 2.05) is 6.07 Å². The van der Waals surface area contributed by atoms with Crippen LogP contribution in [0.4, 0.5) is 0 Å². The van der Waals surface area contributed by atoms with Gasteiger partial charge in [0.2, 0.25) is 5.91 Å². The Hall–Kier alpha value is -1.04. The largest absolute Gasteiger partial charge is 0.355 e. The average molecular weight is 220 g/mol.